The van der Waals surface area contributed by atoms with Gasteiger partial charge >= 0.3 is 0 Å². The second-order valence-electron chi connectivity index (χ2n) is 5.50. The highest BCUT2D eigenvalue weighted by Gasteiger charge is 2.24. The Hall–Kier alpha value is -3.29. The molecule has 1 atom stereocenters. The first-order valence-electron chi connectivity index (χ1n) is 7.54. The summed E-state index contributed by atoms with van der Waals surface area (Å²) in [6.07, 6.45) is 3.28. The summed E-state index contributed by atoms with van der Waals surface area (Å²) in [7, 11) is 3.21. The third-order valence-electron chi connectivity index (χ3n) is 3.80. The summed E-state index contributed by atoms with van der Waals surface area (Å²) < 4.78 is 17.0. The van der Waals surface area contributed by atoms with Crippen molar-refractivity contribution in [3.8, 4) is 0 Å². The molecule has 2 aromatic heterocycles. The van der Waals surface area contributed by atoms with E-state index in [0.29, 0.717) is 5.82 Å². The number of aryl methyl sites for hydroxylation is 2. The second-order valence-corrected chi connectivity index (χ2v) is 5.50. The maximum atomic E-state index is 14.3. The van der Waals surface area contributed by atoms with Gasteiger partial charge in [-0.15, -0.1) is 0 Å². The molecule has 1 N–H and O–H groups in total. The van der Waals surface area contributed by atoms with Crippen LogP contribution in [0, 0.1) is 5.82 Å². The molecule has 7 nitrogen and oxygen atoms in total. The van der Waals surface area contributed by atoms with Crippen LogP contribution in [0.4, 0.5) is 4.39 Å². The predicted molar refractivity (Wildman–Crippen MR) is 88.4 cm³/mol. The fourth-order valence-corrected chi connectivity index (χ4v) is 2.47. The fraction of sp³-hybridized carbons (Fsp3) is 0.176. The lowest BCUT2D eigenvalue weighted by Gasteiger charge is -2.19. The minimum atomic E-state index is -0.798. The molecule has 25 heavy (non-hydrogen) atoms. The number of aromatic nitrogens is 4. The highest BCUT2D eigenvalue weighted by atomic mass is 19.1. The Bertz CT molecular complexity index is 979. The van der Waals surface area contributed by atoms with E-state index in [1.165, 1.54) is 25.2 Å². The largest absolute Gasteiger partial charge is 0.336 e. The van der Waals surface area contributed by atoms with Crippen molar-refractivity contribution in [2.75, 3.05) is 0 Å². The van der Waals surface area contributed by atoms with Crippen molar-refractivity contribution in [3.05, 3.63) is 82.0 Å². The van der Waals surface area contributed by atoms with Crippen molar-refractivity contribution >= 4 is 5.91 Å². The minimum Gasteiger partial charge on any atom is -0.336 e. The van der Waals surface area contributed by atoms with Crippen molar-refractivity contribution in [1.29, 1.82) is 0 Å². The van der Waals surface area contributed by atoms with E-state index in [1.807, 2.05) is 0 Å². The third kappa shape index (κ3) is 3.32. The van der Waals surface area contributed by atoms with Crippen molar-refractivity contribution < 1.29 is 9.18 Å². The standard InChI is InChI=1S/C17H16FN5O2/c1-22-10-9-19-16(22)15(11-5-3-4-6-12(11)18)20-17(25)13-7-8-14(24)23(2)21-13/h3-10,15H,1-2H3,(H,20,25)/t15-/m0/s1. The van der Waals surface area contributed by atoms with Gasteiger partial charge in [0.15, 0.2) is 0 Å². The molecule has 0 radical (unpaired) electrons. The number of nitrogens with one attached hydrogen (secondary N) is 1. The number of halogens is 1. The Balaban J connectivity index is 1.99. The molecule has 0 aliphatic heterocycles. The highest BCUT2D eigenvalue weighted by molar-refractivity contribution is 5.92. The monoisotopic (exact) mass is 341 g/mol. The normalized spacial score (nSPS) is 12.0. The SMILES string of the molecule is Cn1ccnc1[C@@H](NC(=O)c1ccc(=O)n(C)n1)c1ccccc1F. The van der Waals surface area contributed by atoms with Crippen LogP contribution in [0.15, 0.2) is 53.6 Å². The summed E-state index contributed by atoms with van der Waals surface area (Å²) in [6.45, 7) is 0. The Morgan fingerprint density at radius 3 is 2.60 bits per heavy atom. The molecule has 0 bridgehead atoms. The zero-order valence-electron chi connectivity index (χ0n) is 13.7. The van der Waals surface area contributed by atoms with Crippen LogP contribution in [0.5, 0.6) is 0 Å². The van der Waals surface area contributed by atoms with Gasteiger partial charge in [-0.25, -0.2) is 14.1 Å². The number of nitrogens with zero attached hydrogens (tertiary/aromatic N) is 4. The zero-order valence-corrected chi connectivity index (χ0v) is 13.7. The van der Waals surface area contributed by atoms with Gasteiger partial charge in [0.05, 0.1) is 0 Å². The van der Waals surface area contributed by atoms with Gasteiger partial charge in [0.2, 0.25) is 0 Å². The molecule has 3 aromatic rings. The summed E-state index contributed by atoms with van der Waals surface area (Å²) in [4.78, 5) is 28.2. The summed E-state index contributed by atoms with van der Waals surface area (Å²) in [5.41, 5.74) is 0.0129. The molecular weight excluding hydrogens is 325 g/mol. The van der Waals surface area contributed by atoms with E-state index in [2.05, 4.69) is 15.4 Å². The molecule has 2 heterocycles. The van der Waals surface area contributed by atoms with E-state index >= 15 is 0 Å². The van der Waals surface area contributed by atoms with Crippen LogP contribution in [0.3, 0.4) is 0 Å². The molecule has 8 heteroatoms. The van der Waals surface area contributed by atoms with Crippen molar-refractivity contribution in [3.63, 3.8) is 0 Å². The Morgan fingerprint density at radius 2 is 1.96 bits per heavy atom. The molecule has 1 amide bonds. The number of amides is 1. The summed E-state index contributed by atoms with van der Waals surface area (Å²) in [5, 5.41) is 6.66. The lowest BCUT2D eigenvalue weighted by Crippen LogP contribution is -2.33. The topological polar surface area (TPSA) is 81.8 Å². The van der Waals surface area contributed by atoms with Crippen molar-refractivity contribution in [2.24, 2.45) is 14.1 Å². The molecule has 0 saturated heterocycles. The van der Waals surface area contributed by atoms with Gasteiger partial charge in [0, 0.05) is 38.1 Å². The molecule has 128 valence electrons. The number of rotatable bonds is 4. The average Bonchev–Trinajstić information content (AvgIpc) is 3.01. The van der Waals surface area contributed by atoms with Gasteiger partial charge in [0.1, 0.15) is 23.4 Å². The van der Waals surface area contributed by atoms with Crippen LogP contribution < -0.4 is 10.9 Å². The Kier molecular flexibility index (Phi) is 4.42. The van der Waals surface area contributed by atoms with Gasteiger partial charge in [0.25, 0.3) is 11.5 Å². The zero-order chi connectivity index (χ0) is 18.0. The number of hydrogen-bond donors (Lipinski definition) is 1. The number of hydrogen-bond acceptors (Lipinski definition) is 4. The molecular formula is C17H16FN5O2. The minimum absolute atomic E-state index is 0.0534. The fourth-order valence-electron chi connectivity index (χ4n) is 2.47. The van der Waals surface area contributed by atoms with Crippen LogP contribution in [0.1, 0.15) is 27.9 Å². The maximum absolute atomic E-state index is 14.3. The van der Waals surface area contributed by atoms with Gasteiger partial charge in [-0.3, -0.25) is 9.59 Å². The molecule has 0 aliphatic rings. The Labute approximate surface area is 142 Å². The van der Waals surface area contributed by atoms with E-state index in [4.69, 9.17) is 0 Å². The van der Waals surface area contributed by atoms with Gasteiger partial charge < -0.3 is 9.88 Å². The van der Waals surface area contributed by atoms with E-state index in [1.54, 1.807) is 42.2 Å². The molecule has 0 saturated carbocycles. The van der Waals surface area contributed by atoms with Gasteiger partial charge in [-0.2, -0.15) is 5.10 Å². The van der Waals surface area contributed by atoms with E-state index < -0.39 is 17.8 Å². The molecule has 0 unspecified atom stereocenters. The maximum Gasteiger partial charge on any atom is 0.272 e. The molecule has 0 fully saturated rings. The van der Waals surface area contributed by atoms with Crippen LogP contribution in [-0.4, -0.2) is 25.2 Å². The van der Waals surface area contributed by atoms with Crippen molar-refractivity contribution in [2.45, 2.75) is 6.04 Å². The van der Waals surface area contributed by atoms with Crippen LogP contribution in [0.2, 0.25) is 0 Å². The predicted octanol–water partition coefficient (Wildman–Crippen LogP) is 1.17. The highest BCUT2D eigenvalue weighted by Crippen LogP contribution is 2.23. The van der Waals surface area contributed by atoms with Crippen molar-refractivity contribution in [1.82, 2.24) is 24.6 Å². The third-order valence-corrected chi connectivity index (χ3v) is 3.80. The first-order chi connectivity index (χ1) is 12.0. The average molecular weight is 341 g/mol. The first kappa shape index (κ1) is 16.6. The van der Waals surface area contributed by atoms with E-state index in [9.17, 15) is 14.0 Å². The lowest BCUT2D eigenvalue weighted by molar-refractivity contribution is 0.0933. The van der Waals surface area contributed by atoms with Crippen LogP contribution in [-0.2, 0) is 14.1 Å². The van der Waals surface area contributed by atoms with E-state index in [0.717, 1.165) is 4.68 Å². The number of imidazole rings is 1. The molecule has 0 aliphatic carbocycles. The lowest BCUT2D eigenvalue weighted by atomic mass is 10.1. The second kappa shape index (κ2) is 6.68. The summed E-state index contributed by atoms with van der Waals surface area (Å²) >= 11 is 0. The van der Waals surface area contributed by atoms with Crippen LogP contribution in [0.25, 0.3) is 0 Å². The number of benzene rings is 1. The van der Waals surface area contributed by atoms with E-state index in [-0.39, 0.29) is 16.8 Å². The first-order valence-corrected chi connectivity index (χ1v) is 7.54. The molecule has 3 rings (SSSR count). The Morgan fingerprint density at radius 1 is 1.20 bits per heavy atom. The quantitative estimate of drug-likeness (QED) is 0.772. The van der Waals surface area contributed by atoms with Gasteiger partial charge in [-0.05, 0) is 12.1 Å². The van der Waals surface area contributed by atoms with Gasteiger partial charge in [-0.1, -0.05) is 18.2 Å². The van der Waals surface area contributed by atoms with Crippen LogP contribution >= 0.6 is 0 Å². The number of carbonyl (C=O) groups is 1. The summed E-state index contributed by atoms with van der Waals surface area (Å²) in [6, 6.07) is 7.95. The molecule has 1 aromatic carbocycles. The summed E-state index contributed by atoms with van der Waals surface area (Å²) in [5.74, 6) is -0.514. The smallest absolute Gasteiger partial charge is 0.272 e. The molecule has 0 spiro atoms. The number of carbonyl (C=O) groups excluding carboxylic acids is 1.